The zero-order valence-corrected chi connectivity index (χ0v) is 22.0. The zero-order valence-electron chi connectivity index (χ0n) is 22.0. The molecule has 5 nitrogen and oxygen atoms in total. The summed E-state index contributed by atoms with van der Waals surface area (Å²) in [6.07, 6.45) is 3.28. The lowest BCUT2D eigenvalue weighted by atomic mass is 9.73. The number of benzene rings is 3. The molecule has 2 amide bonds. The van der Waals surface area contributed by atoms with Crippen LogP contribution in [0.3, 0.4) is 0 Å². The molecule has 0 radical (unpaired) electrons. The van der Waals surface area contributed by atoms with Crippen LogP contribution >= 0.6 is 0 Å². The van der Waals surface area contributed by atoms with E-state index in [0.29, 0.717) is 6.42 Å². The van der Waals surface area contributed by atoms with E-state index in [2.05, 4.69) is 53.4 Å². The number of rotatable bonds is 8. The Morgan fingerprint density at radius 1 is 0.757 bits per heavy atom. The van der Waals surface area contributed by atoms with Crippen molar-refractivity contribution in [3.05, 3.63) is 95.6 Å². The first kappa shape index (κ1) is 25.2. The van der Waals surface area contributed by atoms with Crippen molar-refractivity contribution in [3.8, 4) is 11.1 Å². The topological polar surface area (TPSA) is 43.9 Å². The van der Waals surface area contributed by atoms with Crippen molar-refractivity contribution in [2.24, 2.45) is 0 Å². The van der Waals surface area contributed by atoms with Crippen molar-refractivity contribution in [1.29, 1.82) is 0 Å². The van der Waals surface area contributed by atoms with Crippen molar-refractivity contribution in [3.63, 3.8) is 0 Å². The first-order valence-electron chi connectivity index (χ1n) is 13.5. The fraction of sp³-hybridized carbons (Fsp3) is 0.375. The molecule has 0 atom stereocenters. The van der Waals surface area contributed by atoms with Gasteiger partial charge in [-0.05, 0) is 47.2 Å². The Labute approximate surface area is 220 Å². The van der Waals surface area contributed by atoms with Gasteiger partial charge in [0.1, 0.15) is 5.41 Å². The number of carbonyl (C=O) groups excluding carboxylic acids is 2. The molecule has 3 aromatic rings. The van der Waals surface area contributed by atoms with Gasteiger partial charge in [0.25, 0.3) is 0 Å². The molecule has 1 aliphatic heterocycles. The summed E-state index contributed by atoms with van der Waals surface area (Å²) in [5.41, 5.74) is 5.10. The van der Waals surface area contributed by atoms with Gasteiger partial charge in [-0.25, -0.2) is 0 Å². The highest BCUT2D eigenvalue weighted by Gasteiger charge is 2.49. The largest absolute Gasteiger partial charge is 0.348 e. The number of likely N-dealkylation sites (N-methyl/N-ethyl adjacent to an activating group) is 1. The molecule has 37 heavy (non-hydrogen) atoms. The average Bonchev–Trinajstić information content (AvgIpc) is 3.22. The summed E-state index contributed by atoms with van der Waals surface area (Å²) < 4.78 is 0. The minimum Gasteiger partial charge on any atom is -0.348 e. The van der Waals surface area contributed by atoms with E-state index < -0.39 is 5.41 Å². The van der Waals surface area contributed by atoms with Gasteiger partial charge in [0.2, 0.25) is 11.8 Å². The molecule has 0 N–H and O–H groups in total. The van der Waals surface area contributed by atoms with Crippen LogP contribution in [0.1, 0.15) is 36.0 Å². The highest BCUT2D eigenvalue weighted by Crippen LogP contribution is 2.52. The minimum absolute atomic E-state index is 0.162. The summed E-state index contributed by atoms with van der Waals surface area (Å²) in [5.74, 6) is 0.379. The number of unbranched alkanes of at least 4 members (excludes halogenated alkanes) is 1. The standard InChI is InChI=1S/C32H37N3O2/c1-33(2)31(37)32(28-16-8-6-14-26(28)27-15-7-9-17-29(27)32)18-10-11-19-34-20-22-35(23-21-34)30(36)24-25-12-4-3-5-13-25/h3-9,12-17H,10-11,18-24H2,1-2H3. The molecule has 3 aromatic carbocycles. The summed E-state index contributed by atoms with van der Waals surface area (Å²) in [5, 5.41) is 0. The van der Waals surface area contributed by atoms with Crippen molar-refractivity contribution >= 4 is 11.8 Å². The van der Waals surface area contributed by atoms with Gasteiger partial charge < -0.3 is 9.80 Å². The number of nitrogens with zero attached hydrogens (tertiary/aromatic N) is 3. The first-order valence-corrected chi connectivity index (χ1v) is 13.5. The second-order valence-electron chi connectivity index (χ2n) is 10.5. The molecule has 5 rings (SSSR count). The number of amides is 2. The van der Waals surface area contributed by atoms with Crippen molar-refractivity contribution in [2.75, 3.05) is 46.8 Å². The Balaban J connectivity index is 1.20. The van der Waals surface area contributed by atoms with E-state index >= 15 is 0 Å². The second kappa shape index (κ2) is 10.9. The van der Waals surface area contributed by atoms with Crippen molar-refractivity contribution in [2.45, 2.75) is 31.1 Å². The van der Waals surface area contributed by atoms with E-state index in [9.17, 15) is 9.59 Å². The molecular formula is C32H37N3O2. The van der Waals surface area contributed by atoms with E-state index in [4.69, 9.17) is 0 Å². The second-order valence-corrected chi connectivity index (χ2v) is 10.5. The van der Waals surface area contributed by atoms with Crippen molar-refractivity contribution in [1.82, 2.24) is 14.7 Å². The van der Waals surface area contributed by atoms with Gasteiger partial charge in [-0.1, -0.05) is 85.3 Å². The van der Waals surface area contributed by atoms with Crippen LogP contribution in [0.2, 0.25) is 0 Å². The quantitative estimate of drug-likeness (QED) is 0.429. The molecule has 1 aliphatic carbocycles. The Morgan fingerprint density at radius 2 is 1.32 bits per heavy atom. The third kappa shape index (κ3) is 4.93. The van der Waals surface area contributed by atoms with Gasteiger partial charge in [0.05, 0.1) is 6.42 Å². The average molecular weight is 496 g/mol. The molecular weight excluding hydrogens is 458 g/mol. The van der Waals surface area contributed by atoms with E-state index in [1.54, 1.807) is 4.90 Å². The number of hydrogen-bond acceptors (Lipinski definition) is 3. The molecule has 0 spiro atoms. The molecule has 5 heteroatoms. The smallest absolute Gasteiger partial charge is 0.237 e. The highest BCUT2D eigenvalue weighted by atomic mass is 16.2. The summed E-state index contributed by atoms with van der Waals surface area (Å²) in [6, 6.07) is 26.8. The molecule has 0 saturated carbocycles. The molecule has 1 heterocycles. The lowest BCUT2D eigenvalue weighted by molar-refractivity contribution is -0.133. The van der Waals surface area contributed by atoms with Crippen LogP contribution < -0.4 is 0 Å². The molecule has 0 bridgehead atoms. The molecule has 192 valence electrons. The third-order valence-corrected chi connectivity index (χ3v) is 8.03. The van der Waals surface area contributed by atoms with Gasteiger partial charge in [0.15, 0.2) is 0 Å². The van der Waals surface area contributed by atoms with E-state index in [1.807, 2.05) is 49.3 Å². The Bertz CT molecular complexity index is 1200. The van der Waals surface area contributed by atoms with Crippen LogP contribution in [0.25, 0.3) is 11.1 Å². The maximum absolute atomic E-state index is 13.8. The van der Waals surface area contributed by atoms with Crippen LogP contribution in [0.5, 0.6) is 0 Å². The SMILES string of the molecule is CN(C)C(=O)C1(CCCCN2CCN(C(=O)Cc3ccccc3)CC2)c2ccccc2-c2ccccc21. The lowest BCUT2D eigenvalue weighted by Gasteiger charge is -2.36. The molecule has 1 fully saturated rings. The van der Waals surface area contributed by atoms with Gasteiger partial charge >= 0.3 is 0 Å². The zero-order chi connectivity index (χ0) is 25.8. The van der Waals surface area contributed by atoms with Gasteiger partial charge in [-0.2, -0.15) is 0 Å². The first-order chi connectivity index (χ1) is 18.0. The van der Waals surface area contributed by atoms with E-state index in [-0.39, 0.29) is 11.8 Å². The van der Waals surface area contributed by atoms with E-state index in [1.165, 1.54) is 11.1 Å². The fourth-order valence-corrected chi connectivity index (χ4v) is 6.14. The predicted octanol–water partition coefficient (Wildman–Crippen LogP) is 4.60. The normalized spacial score (nSPS) is 16.2. The summed E-state index contributed by atoms with van der Waals surface area (Å²) in [4.78, 5) is 32.7. The molecule has 2 aliphatic rings. The number of piperazine rings is 1. The number of fused-ring (bicyclic) bond motifs is 3. The fourth-order valence-electron chi connectivity index (χ4n) is 6.14. The molecule has 0 aromatic heterocycles. The van der Waals surface area contributed by atoms with Crippen LogP contribution in [0.4, 0.5) is 0 Å². The van der Waals surface area contributed by atoms with E-state index in [0.717, 1.165) is 68.7 Å². The van der Waals surface area contributed by atoms with Crippen LogP contribution in [0.15, 0.2) is 78.9 Å². The number of hydrogen-bond donors (Lipinski definition) is 0. The Kier molecular flexibility index (Phi) is 7.43. The monoisotopic (exact) mass is 495 g/mol. The van der Waals surface area contributed by atoms with Crippen LogP contribution in [0, 0.1) is 0 Å². The predicted molar refractivity (Wildman–Crippen MR) is 148 cm³/mol. The van der Waals surface area contributed by atoms with Gasteiger partial charge in [0, 0.05) is 40.3 Å². The Hall–Kier alpha value is -3.44. The molecule has 0 unspecified atom stereocenters. The summed E-state index contributed by atoms with van der Waals surface area (Å²) in [7, 11) is 3.73. The highest BCUT2D eigenvalue weighted by molar-refractivity contribution is 6.00. The third-order valence-electron chi connectivity index (χ3n) is 8.03. The number of carbonyl (C=O) groups is 2. The van der Waals surface area contributed by atoms with Gasteiger partial charge in [-0.15, -0.1) is 0 Å². The summed E-state index contributed by atoms with van der Waals surface area (Å²) >= 11 is 0. The maximum Gasteiger partial charge on any atom is 0.237 e. The van der Waals surface area contributed by atoms with Crippen LogP contribution in [-0.4, -0.2) is 73.3 Å². The lowest BCUT2D eigenvalue weighted by Crippen LogP contribution is -2.49. The van der Waals surface area contributed by atoms with Crippen LogP contribution in [-0.2, 0) is 21.4 Å². The van der Waals surface area contributed by atoms with Gasteiger partial charge in [-0.3, -0.25) is 14.5 Å². The molecule has 1 saturated heterocycles. The summed E-state index contributed by atoms with van der Waals surface area (Å²) in [6.45, 7) is 4.39. The Morgan fingerprint density at radius 3 is 1.92 bits per heavy atom. The van der Waals surface area contributed by atoms with Crippen molar-refractivity contribution < 1.29 is 9.59 Å². The minimum atomic E-state index is -0.626. The maximum atomic E-state index is 13.8.